The summed E-state index contributed by atoms with van der Waals surface area (Å²) in [6, 6.07) is 7.30. The molecule has 0 aromatic heterocycles. The van der Waals surface area contributed by atoms with Crippen molar-refractivity contribution in [2.45, 2.75) is 4.90 Å². The van der Waals surface area contributed by atoms with Crippen LogP contribution in [0.5, 0.6) is 5.75 Å². The van der Waals surface area contributed by atoms with Crippen LogP contribution >= 0.6 is 0 Å². The Labute approximate surface area is 91.9 Å². The lowest BCUT2D eigenvalue weighted by atomic mass is 10.1. The van der Waals surface area contributed by atoms with Crippen molar-refractivity contribution in [2.24, 2.45) is 0 Å². The van der Waals surface area contributed by atoms with E-state index in [1.165, 1.54) is 18.2 Å². The highest BCUT2D eigenvalue weighted by molar-refractivity contribution is 7.86. The minimum Gasteiger partial charge on any atom is -0.506 e. The van der Waals surface area contributed by atoms with Crippen molar-refractivity contribution in [3.05, 3.63) is 30.3 Å². The molecule has 0 aliphatic heterocycles. The van der Waals surface area contributed by atoms with E-state index in [4.69, 9.17) is 10.3 Å². The van der Waals surface area contributed by atoms with E-state index in [0.29, 0.717) is 11.1 Å². The molecule has 0 bridgehead atoms. The fourth-order valence-corrected chi connectivity index (χ4v) is 2.40. The van der Waals surface area contributed by atoms with E-state index in [2.05, 4.69) is 0 Å². The lowest BCUT2D eigenvalue weighted by Gasteiger charge is -2.07. The molecule has 5 nitrogen and oxygen atoms in total. The number of benzene rings is 2. The third-order valence-electron chi connectivity index (χ3n) is 2.28. The van der Waals surface area contributed by atoms with Crippen molar-refractivity contribution in [3.8, 4) is 5.75 Å². The monoisotopic (exact) mass is 239 g/mol. The zero-order valence-electron chi connectivity index (χ0n) is 8.08. The average molecular weight is 239 g/mol. The Morgan fingerprint density at radius 2 is 1.75 bits per heavy atom. The van der Waals surface area contributed by atoms with Gasteiger partial charge in [-0.2, -0.15) is 8.42 Å². The van der Waals surface area contributed by atoms with Gasteiger partial charge in [0.2, 0.25) is 0 Å². The number of hydrogen-bond acceptors (Lipinski definition) is 4. The molecule has 2 aromatic rings. The summed E-state index contributed by atoms with van der Waals surface area (Å²) in [5, 5.41) is 10.1. The molecular weight excluding hydrogens is 230 g/mol. The van der Waals surface area contributed by atoms with Crippen molar-refractivity contribution in [2.75, 3.05) is 5.73 Å². The summed E-state index contributed by atoms with van der Waals surface area (Å²) in [4.78, 5) is -0.516. The van der Waals surface area contributed by atoms with Crippen LogP contribution in [-0.2, 0) is 10.1 Å². The normalized spacial score (nSPS) is 11.8. The van der Waals surface area contributed by atoms with E-state index < -0.39 is 20.8 Å². The van der Waals surface area contributed by atoms with Gasteiger partial charge in [0.05, 0.1) is 0 Å². The van der Waals surface area contributed by atoms with Crippen LogP contribution in [0.15, 0.2) is 35.2 Å². The fourth-order valence-electron chi connectivity index (χ4n) is 1.61. The van der Waals surface area contributed by atoms with Crippen molar-refractivity contribution in [3.63, 3.8) is 0 Å². The first-order valence-electron chi connectivity index (χ1n) is 4.39. The predicted molar refractivity (Wildman–Crippen MR) is 59.8 cm³/mol. The Bertz CT molecular complexity index is 664. The summed E-state index contributed by atoms with van der Waals surface area (Å²) in [7, 11) is -4.48. The van der Waals surface area contributed by atoms with E-state index in [1.54, 1.807) is 12.1 Å². The standard InChI is InChI=1S/C10H9NO4S/c11-8-3-1-2-7-6(8)4-5-9(12)10(7)16(13,14)15/h1-5,12H,11H2,(H,13,14,15). The van der Waals surface area contributed by atoms with Crippen molar-refractivity contribution in [1.29, 1.82) is 0 Å². The summed E-state index contributed by atoms with van der Waals surface area (Å²) < 4.78 is 31.3. The van der Waals surface area contributed by atoms with Crippen LogP contribution in [0.25, 0.3) is 10.8 Å². The zero-order chi connectivity index (χ0) is 11.9. The first-order chi connectivity index (χ1) is 7.41. The molecule has 0 radical (unpaired) electrons. The number of nitrogens with two attached hydrogens (primary N) is 1. The molecule has 0 heterocycles. The number of phenolic OH excluding ortho intramolecular Hbond substituents is 1. The second kappa shape index (κ2) is 3.36. The van der Waals surface area contributed by atoms with Crippen LogP contribution in [0.3, 0.4) is 0 Å². The first-order valence-corrected chi connectivity index (χ1v) is 5.83. The predicted octanol–water partition coefficient (Wildman–Crippen LogP) is 1.37. The van der Waals surface area contributed by atoms with Gasteiger partial charge in [0, 0.05) is 16.5 Å². The maximum absolute atomic E-state index is 11.1. The number of rotatable bonds is 1. The summed E-state index contributed by atoms with van der Waals surface area (Å²) >= 11 is 0. The average Bonchev–Trinajstić information content (AvgIpc) is 2.15. The van der Waals surface area contributed by atoms with E-state index in [1.807, 2.05) is 0 Å². The van der Waals surface area contributed by atoms with Crippen LogP contribution < -0.4 is 5.73 Å². The van der Waals surface area contributed by atoms with Gasteiger partial charge < -0.3 is 10.8 Å². The molecule has 84 valence electrons. The van der Waals surface area contributed by atoms with E-state index in [9.17, 15) is 13.5 Å². The van der Waals surface area contributed by atoms with E-state index in [-0.39, 0.29) is 5.39 Å². The van der Waals surface area contributed by atoms with E-state index >= 15 is 0 Å². The van der Waals surface area contributed by atoms with Gasteiger partial charge >= 0.3 is 0 Å². The summed E-state index contributed by atoms with van der Waals surface area (Å²) in [6.07, 6.45) is 0. The highest BCUT2D eigenvalue weighted by Gasteiger charge is 2.19. The molecule has 0 spiro atoms. The van der Waals surface area contributed by atoms with Crippen LogP contribution in [0, 0.1) is 0 Å². The number of phenols is 1. The van der Waals surface area contributed by atoms with Crippen molar-refractivity contribution >= 4 is 26.6 Å². The Morgan fingerprint density at radius 3 is 2.38 bits per heavy atom. The maximum atomic E-state index is 11.1. The molecule has 0 amide bonds. The number of fused-ring (bicyclic) bond motifs is 1. The molecule has 2 rings (SSSR count). The largest absolute Gasteiger partial charge is 0.506 e. The lowest BCUT2D eigenvalue weighted by Crippen LogP contribution is -2.00. The molecule has 6 heteroatoms. The molecule has 2 aromatic carbocycles. The fraction of sp³-hybridized carbons (Fsp3) is 0. The molecule has 0 atom stereocenters. The smallest absolute Gasteiger partial charge is 0.298 e. The Balaban J connectivity index is 3.03. The van der Waals surface area contributed by atoms with Gasteiger partial charge in [0.15, 0.2) is 0 Å². The van der Waals surface area contributed by atoms with Gasteiger partial charge in [0.25, 0.3) is 10.1 Å². The number of anilines is 1. The second-order valence-electron chi connectivity index (χ2n) is 3.33. The maximum Gasteiger partial charge on any atom is 0.298 e. The van der Waals surface area contributed by atoms with Crippen LogP contribution in [-0.4, -0.2) is 18.1 Å². The number of nitrogen functional groups attached to an aromatic ring is 1. The third kappa shape index (κ3) is 1.58. The molecule has 4 N–H and O–H groups in total. The van der Waals surface area contributed by atoms with Crippen molar-refractivity contribution in [1.82, 2.24) is 0 Å². The Morgan fingerprint density at radius 1 is 1.06 bits per heavy atom. The Kier molecular flexibility index (Phi) is 2.25. The van der Waals surface area contributed by atoms with Crippen molar-refractivity contribution < 1.29 is 18.1 Å². The molecule has 0 saturated heterocycles. The third-order valence-corrected chi connectivity index (χ3v) is 3.23. The molecule has 0 aliphatic rings. The molecular formula is C10H9NO4S. The summed E-state index contributed by atoms with van der Waals surface area (Å²) in [6.45, 7) is 0. The minimum atomic E-state index is -4.48. The molecule has 0 aliphatic carbocycles. The number of hydrogen-bond donors (Lipinski definition) is 3. The summed E-state index contributed by atoms with van der Waals surface area (Å²) in [5.74, 6) is -0.499. The zero-order valence-corrected chi connectivity index (χ0v) is 8.90. The SMILES string of the molecule is Nc1cccc2c(S(=O)(=O)O)c(O)ccc12. The van der Waals surface area contributed by atoms with Gasteiger partial charge in [-0.1, -0.05) is 12.1 Å². The van der Waals surface area contributed by atoms with Gasteiger partial charge in [-0.3, -0.25) is 4.55 Å². The van der Waals surface area contributed by atoms with Gasteiger partial charge in [-0.05, 0) is 18.2 Å². The summed E-state index contributed by atoms with van der Waals surface area (Å²) in [5.41, 5.74) is 6.04. The van der Waals surface area contributed by atoms with Gasteiger partial charge in [-0.25, -0.2) is 0 Å². The van der Waals surface area contributed by atoms with E-state index in [0.717, 1.165) is 0 Å². The lowest BCUT2D eigenvalue weighted by molar-refractivity contribution is 0.445. The topological polar surface area (TPSA) is 101 Å². The Hall–Kier alpha value is -1.79. The second-order valence-corrected chi connectivity index (χ2v) is 4.69. The van der Waals surface area contributed by atoms with Crippen LogP contribution in [0.4, 0.5) is 5.69 Å². The number of aromatic hydroxyl groups is 1. The van der Waals surface area contributed by atoms with Crippen LogP contribution in [0.1, 0.15) is 0 Å². The quantitative estimate of drug-likeness (QED) is 0.515. The molecule has 16 heavy (non-hydrogen) atoms. The molecule has 0 fully saturated rings. The van der Waals surface area contributed by atoms with Gasteiger partial charge in [0.1, 0.15) is 10.6 Å². The molecule has 0 saturated carbocycles. The molecule has 0 unspecified atom stereocenters. The minimum absolute atomic E-state index is 0.197. The highest BCUT2D eigenvalue weighted by Crippen LogP contribution is 2.33. The highest BCUT2D eigenvalue weighted by atomic mass is 32.2. The first kappa shape index (κ1) is 10.7. The van der Waals surface area contributed by atoms with Gasteiger partial charge in [-0.15, -0.1) is 0 Å². The van der Waals surface area contributed by atoms with Crippen LogP contribution in [0.2, 0.25) is 0 Å².